The zero-order valence-corrected chi connectivity index (χ0v) is 10.7. The molecule has 0 saturated heterocycles. The lowest BCUT2D eigenvalue weighted by Gasteiger charge is -2.30. The minimum atomic E-state index is -0.967. The zero-order valence-electron chi connectivity index (χ0n) is 10.7. The number of fused-ring (bicyclic) bond motifs is 1. The normalized spacial score (nSPS) is 20.9. The van der Waals surface area contributed by atoms with Gasteiger partial charge in [0.25, 0.3) is 0 Å². The Morgan fingerprint density at radius 1 is 1.15 bits per heavy atom. The lowest BCUT2D eigenvalue weighted by atomic mass is 9.85. The number of aliphatic hydroxyl groups excluding tert-OH is 1. The summed E-state index contributed by atoms with van der Waals surface area (Å²) in [5.41, 5.74) is 2.07. The van der Waals surface area contributed by atoms with Crippen molar-refractivity contribution in [1.29, 1.82) is 0 Å². The van der Waals surface area contributed by atoms with Gasteiger partial charge in [0.2, 0.25) is 0 Å². The van der Waals surface area contributed by atoms with Crippen LogP contribution >= 0.6 is 0 Å². The highest BCUT2D eigenvalue weighted by Gasteiger charge is 2.29. The van der Waals surface area contributed by atoms with Crippen LogP contribution in [0.3, 0.4) is 0 Å². The van der Waals surface area contributed by atoms with Crippen LogP contribution in [-0.2, 0) is 0 Å². The number of ether oxygens (including phenoxy) is 1. The smallest absolute Gasteiger partial charge is 0.335 e. The first-order valence-electron chi connectivity index (χ1n) is 6.42. The van der Waals surface area contributed by atoms with Crippen molar-refractivity contribution in [3.63, 3.8) is 0 Å². The third-order valence-corrected chi connectivity index (χ3v) is 3.53. The minimum absolute atomic E-state index is 0.0609. The van der Waals surface area contributed by atoms with E-state index in [0.717, 1.165) is 11.1 Å². The monoisotopic (exact) mass is 270 g/mol. The Labute approximate surface area is 116 Å². The summed E-state index contributed by atoms with van der Waals surface area (Å²) in [5.74, 6) is -0.484. The Bertz CT molecular complexity index is 636. The van der Waals surface area contributed by atoms with E-state index in [9.17, 15) is 9.90 Å². The second-order valence-electron chi connectivity index (χ2n) is 4.83. The van der Waals surface area contributed by atoms with Crippen molar-refractivity contribution in [3.05, 3.63) is 65.2 Å². The van der Waals surface area contributed by atoms with Crippen LogP contribution in [0.15, 0.2) is 48.5 Å². The summed E-state index contributed by atoms with van der Waals surface area (Å²) in [6.07, 6.45) is -0.455. The summed E-state index contributed by atoms with van der Waals surface area (Å²) >= 11 is 0. The van der Waals surface area contributed by atoms with E-state index in [1.807, 2.05) is 30.3 Å². The quantitative estimate of drug-likeness (QED) is 0.880. The number of rotatable bonds is 2. The molecule has 0 aliphatic carbocycles. The molecule has 2 N–H and O–H groups in total. The van der Waals surface area contributed by atoms with Crippen LogP contribution in [0.1, 0.15) is 33.8 Å². The maximum Gasteiger partial charge on any atom is 0.335 e. The molecule has 102 valence electrons. The van der Waals surface area contributed by atoms with Crippen LogP contribution in [0.2, 0.25) is 0 Å². The molecule has 0 radical (unpaired) electrons. The van der Waals surface area contributed by atoms with Gasteiger partial charge >= 0.3 is 5.97 Å². The number of aromatic carboxylic acids is 1. The van der Waals surface area contributed by atoms with E-state index in [0.29, 0.717) is 12.2 Å². The fraction of sp³-hybridized carbons (Fsp3) is 0.188. The average molecular weight is 270 g/mol. The van der Waals surface area contributed by atoms with Gasteiger partial charge in [-0.1, -0.05) is 30.3 Å². The highest BCUT2D eigenvalue weighted by Crippen LogP contribution is 2.40. The second-order valence-corrected chi connectivity index (χ2v) is 4.83. The van der Waals surface area contributed by atoms with Gasteiger partial charge in [-0.25, -0.2) is 4.79 Å². The van der Waals surface area contributed by atoms with Gasteiger partial charge in [-0.05, 0) is 23.8 Å². The van der Waals surface area contributed by atoms with Gasteiger partial charge in [-0.2, -0.15) is 0 Å². The molecule has 2 aromatic carbocycles. The van der Waals surface area contributed by atoms with E-state index in [1.165, 1.54) is 6.07 Å². The van der Waals surface area contributed by atoms with Gasteiger partial charge < -0.3 is 14.9 Å². The molecule has 2 atom stereocenters. The van der Waals surface area contributed by atoms with E-state index in [1.54, 1.807) is 12.1 Å². The Balaban J connectivity index is 2.10. The fourth-order valence-corrected chi connectivity index (χ4v) is 2.59. The van der Waals surface area contributed by atoms with Crippen LogP contribution in [0.25, 0.3) is 0 Å². The molecule has 0 saturated carbocycles. The molecule has 4 heteroatoms. The summed E-state index contributed by atoms with van der Waals surface area (Å²) in [6, 6.07) is 14.4. The zero-order chi connectivity index (χ0) is 14.1. The highest BCUT2D eigenvalue weighted by molar-refractivity contribution is 5.88. The number of aliphatic hydroxyl groups is 1. The van der Waals surface area contributed by atoms with Gasteiger partial charge in [0.15, 0.2) is 6.29 Å². The average Bonchev–Trinajstić information content (AvgIpc) is 2.46. The van der Waals surface area contributed by atoms with E-state index in [2.05, 4.69) is 0 Å². The topological polar surface area (TPSA) is 66.8 Å². The summed E-state index contributed by atoms with van der Waals surface area (Å²) < 4.78 is 5.38. The van der Waals surface area contributed by atoms with Crippen LogP contribution in [-0.4, -0.2) is 22.5 Å². The molecule has 0 amide bonds. The van der Waals surface area contributed by atoms with E-state index in [-0.39, 0.29) is 11.5 Å². The van der Waals surface area contributed by atoms with E-state index in [4.69, 9.17) is 9.84 Å². The SMILES string of the molecule is O=C(O)c1ccc2c(c1)[C@@H](c1ccccc1)C[C@H](O)O2. The predicted molar refractivity (Wildman–Crippen MR) is 72.9 cm³/mol. The first-order valence-corrected chi connectivity index (χ1v) is 6.42. The standard InChI is InChI=1S/C16H14O4/c17-15-9-12(10-4-2-1-3-5-10)13-8-11(16(18)19)6-7-14(13)20-15/h1-8,12,15,17H,9H2,(H,18,19)/t12-,15-/m1/s1. The molecular weight excluding hydrogens is 256 g/mol. The second kappa shape index (κ2) is 4.98. The largest absolute Gasteiger partial charge is 0.478 e. The molecule has 4 nitrogen and oxygen atoms in total. The molecule has 0 fully saturated rings. The molecule has 1 heterocycles. The highest BCUT2D eigenvalue weighted by atomic mass is 16.6. The summed E-state index contributed by atoms with van der Waals surface area (Å²) in [6.45, 7) is 0. The third kappa shape index (κ3) is 2.26. The van der Waals surface area contributed by atoms with Crippen LogP contribution in [0.4, 0.5) is 0 Å². The minimum Gasteiger partial charge on any atom is -0.478 e. The van der Waals surface area contributed by atoms with Gasteiger partial charge in [-0.15, -0.1) is 0 Å². The molecule has 1 aliphatic heterocycles. The van der Waals surface area contributed by atoms with Gasteiger partial charge in [-0.3, -0.25) is 0 Å². The number of benzene rings is 2. The van der Waals surface area contributed by atoms with Crippen molar-refractivity contribution in [3.8, 4) is 5.75 Å². The van der Waals surface area contributed by atoms with Gasteiger partial charge in [0.1, 0.15) is 5.75 Å². The maximum absolute atomic E-state index is 11.1. The molecule has 0 unspecified atom stereocenters. The number of carbonyl (C=O) groups is 1. The van der Waals surface area contributed by atoms with Gasteiger partial charge in [0.05, 0.1) is 5.56 Å². The molecule has 1 aliphatic rings. The molecule has 0 aromatic heterocycles. The van der Waals surface area contributed by atoms with Crippen molar-refractivity contribution in [1.82, 2.24) is 0 Å². The Morgan fingerprint density at radius 2 is 1.90 bits per heavy atom. The fourth-order valence-electron chi connectivity index (χ4n) is 2.59. The molecule has 20 heavy (non-hydrogen) atoms. The van der Waals surface area contributed by atoms with Crippen LogP contribution < -0.4 is 4.74 Å². The lowest BCUT2D eigenvalue weighted by Crippen LogP contribution is -2.26. The van der Waals surface area contributed by atoms with E-state index < -0.39 is 12.3 Å². The van der Waals surface area contributed by atoms with Crippen molar-refractivity contribution in [2.45, 2.75) is 18.6 Å². The Kier molecular flexibility index (Phi) is 3.16. The Hall–Kier alpha value is -2.33. The number of hydrogen-bond donors (Lipinski definition) is 2. The summed E-state index contributed by atoms with van der Waals surface area (Å²) in [7, 11) is 0. The van der Waals surface area contributed by atoms with Crippen molar-refractivity contribution < 1.29 is 19.7 Å². The number of carboxylic acids is 1. The Morgan fingerprint density at radius 3 is 2.60 bits per heavy atom. The maximum atomic E-state index is 11.1. The lowest BCUT2D eigenvalue weighted by molar-refractivity contribution is -0.0359. The molecule has 3 rings (SSSR count). The first kappa shape index (κ1) is 12.7. The molecule has 0 spiro atoms. The number of carboxylic acid groups (broad SMARTS) is 1. The molecular formula is C16H14O4. The number of hydrogen-bond acceptors (Lipinski definition) is 3. The van der Waals surface area contributed by atoms with Crippen molar-refractivity contribution >= 4 is 5.97 Å². The van der Waals surface area contributed by atoms with E-state index >= 15 is 0 Å². The molecule has 2 aromatic rings. The van der Waals surface area contributed by atoms with Crippen molar-refractivity contribution in [2.75, 3.05) is 0 Å². The van der Waals surface area contributed by atoms with Gasteiger partial charge in [0, 0.05) is 17.9 Å². The predicted octanol–water partition coefficient (Wildman–Crippen LogP) is 2.62. The third-order valence-electron chi connectivity index (χ3n) is 3.53. The first-order chi connectivity index (χ1) is 9.65. The summed E-state index contributed by atoms with van der Waals surface area (Å²) in [4.78, 5) is 11.1. The summed E-state index contributed by atoms with van der Waals surface area (Å²) in [5, 5.41) is 18.9. The van der Waals surface area contributed by atoms with Crippen molar-refractivity contribution in [2.24, 2.45) is 0 Å². The van der Waals surface area contributed by atoms with Crippen LogP contribution in [0.5, 0.6) is 5.75 Å². The molecule has 0 bridgehead atoms. The van der Waals surface area contributed by atoms with Crippen LogP contribution in [0, 0.1) is 0 Å².